The normalized spacial score (nSPS) is 18.1. The molecule has 1 aliphatic rings. The SMILES string of the molecule is N#C[C@@H](c1ccccc1)[C@H]1CCCN1CC(=O)Nc1ccc(S(=O)(=O)C(F)F)cc1. The van der Waals surface area contributed by atoms with Crippen molar-refractivity contribution in [2.75, 3.05) is 18.4 Å². The van der Waals surface area contributed by atoms with Crippen LogP contribution >= 0.6 is 0 Å². The highest BCUT2D eigenvalue weighted by Gasteiger charge is 2.33. The fourth-order valence-corrected chi connectivity index (χ4v) is 4.41. The van der Waals surface area contributed by atoms with Crippen molar-refractivity contribution in [1.29, 1.82) is 5.26 Å². The van der Waals surface area contributed by atoms with Gasteiger partial charge in [0.2, 0.25) is 15.7 Å². The van der Waals surface area contributed by atoms with Gasteiger partial charge in [-0.05, 0) is 49.2 Å². The first kappa shape index (κ1) is 21.9. The smallest absolute Gasteiger partial charge is 0.325 e. The Balaban J connectivity index is 1.65. The van der Waals surface area contributed by atoms with Crippen LogP contribution in [-0.2, 0) is 14.6 Å². The van der Waals surface area contributed by atoms with E-state index >= 15 is 0 Å². The molecule has 2 aromatic rings. The third-order valence-corrected chi connectivity index (χ3v) is 6.54. The Morgan fingerprint density at radius 3 is 2.43 bits per heavy atom. The summed E-state index contributed by atoms with van der Waals surface area (Å²) in [6.07, 6.45) is 1.68. The highest BCUT2D eigenvalue weighted by atomic mass is 32.2. The van der Waals surface area contributed by atoms with Crippen LogP contribution in [0, 0.1) is 11.3 Å². The number of sulfone groups is 1. The van der Waals surface area contributed by atoms with Crippen LogP contribution in [0.25, 0.3) is 0 Å². The van der Waals surface area contributed by atoms with Crippen molar-refractivity contribution in [1.82, 2.24) is 4.90 Å². The summed E-state index contributed by atoms with van der Waals surface area (Å²) in [4.78, 5) is 13.9. The van der Waals surface area contributed by atoms with Gasteiger partial charge in [0.1, 0.15) is 0 Å². The van der Waals surface area contributed by atoms with Crippen LogP contribution in [0.5, 0.6) is 0 Å². The summed E-state index contributed by atoms with van der Waals surface area (Å²) in [5.41, 5.74) is 1.22. The molecule has 3 rings (SSSR count). The highest BCUT2D eigenvalue weighted by molar-refractivity contribution is 7.91. The number of anilines is 1. The maximum atomic E-state index is 12.6. The first-order chi connectivity index (χ1) is 14.3. The highest BCUT2D eigenvalue weighted by Crippen LogP contribution is 2.30. The molecule has 1 fully saturated rings. The Labute approximate surface area is 174 Å². The number of nitrogens with zero attached hydrogens (tertiary/aromatic N) is 2. The summed E-state index contributed by atoms with van der Waals surface area (Å²) in [5, 5.41) is 12.3. The Bertz CT molecular complexity index is 1020. The maximum absolute atomic E-state index is 12.6. The summed E-state index contributed by atoms with van der Waals surface area (Å²) in [7, 11) is -4.67. The fraction of sp³-hybridized carbons (Fsp3) is 0.333. The minimum atomic E-state index is -4.67. The molecule has 0 aromatic heterocycles. The van der Waals surface area contributed by atoms with Crippen molar-refractivity contribution in [3.05, 3.63) is 60.2 Å². The molecule has 0 bridgehead atoms. The van der Waals surface area contributed by atoms with Gasteiger partial charge in [0.15, 0.2) is 0 Å². The van der Waals surface area contributed by atoms with E-state index in [1.165, 1.54) is 12.1 Å². The van der Waals surface area contributed by atoms with Crippen LogP contribution in [-0.4, -0.2) is 44.1 Å². The van der Waals surface area contributed by atoms with E-state index in [2.05, 4.69) is 11.4 Å². The molecule has 9 heteroatoms. The lowest BCUT2D eigenvalue weighted by Crippen LogP contribution is -2.39. The third kappa shape index (κ3) is 4.83. The lowest BCUT2D eigenvalue weighted by molar-refractivity contribution is -0.117. The molecule has 2 aromatic carbocycles. The molecule has 0 spiro atoms. The zero-order valence-corrected chi connectivity index (χ0v) is 16.9. The number of carbonyl (C=O) groups is 1. The van der Waals surface area contributed by atoms with Gasteiger partial charge in [-0.15, -0.1) is 0 Å². The summed E-state index contributed by atoms with van der Waals surface area (Å²) in [6.45, 7) is 0.765. The molecule has 6 nitrogen and oxygen atoms in total. The van der Waals surface area contributed by atoms with Crippen LogP contribution in [0.2, 0.25) is 0 Å². The van der Waals surface area contributed by atoms with Crippen molar-refractivity contribution < 1.29 is 22.0 Å². The Hall–Kier alpha value is -2.83. The van der Waals surface area contributed by atoms with Crippen LogP contribution in [0.1, 0.15) is 24.3 Å². The number of amides is 1. The second kappa shape index (κ2) is 9.32. The molecule has 1 heterocycles. The van der Waals surface area contributed by atoms with E-state index in [1.807, 2.05) is 35.2 Å². The number of halogens is 2. The van der Waals surface area contributed by atoms with Gasteiger partial charge in [-0.3, -0.25) is 9.69 Å². The topological polar surface area (TPSA) is 90.3 Å². The summed E-state index contributed by atoms with van der Waals surface area (Å²) < 4.78 is 48.1. The van der Waals surface area contributed by atoms with E-state index in [0.717, 1.165) is 30.5 Å². The standard InChI is InChI=1S/C21H21F2N3O3S/c22-21(23)30(28,29)17-10-8-16(9-11-17)25-20(27)14-26-12-4-7-19(26)18(13-24)15-5-2-1-3-6-15/h1-3,5-6,8-11,18-19,21H,4,7,12,14H2,(H,25,27)/t18-,19+/m0/s1. The number of hydrogen-bond donors (Lipinski definition) is 1. The van der Waals surface area contributed by atoms with Crippen molar-refractivity contribution in [3.63, 3.8) is 0 Å². The van der Waals surface area contributed by atoms with Crippen molar-refractivity contribution in [2.24, 2.45) is 0 Å². The molecule has 2 atom stereocenters. The van der Waals surface area contributed by atoms with E-state index in [9.17, 15) is 27.3 Å². The van der Waals surface area contributed by atoms with E-state index in [1.54, 1.807) is 0 Å². The van der Waals surface area contributed by atoms with Crippen molar-refractivity contribution in [2.45, 2.75) is 35.5 Å². The van der Waals surface area contributed by atoms with Gasteiger partial charge in [0.05, 0.1) is 23.4 Å². The number of nitriles is 1. The van der Waals surface area contributed by atoms with Gasteiger partial charge in [-0.25, -0.2) is 8.42 Å². The van der Waals surface area contributed by atoms with E-state index in [4.69, 9.17) is 0 Å². The Morgan fingerprint density at radius 1 is 1.17 bits per heavy atom. The number of alkyl halides is 2. The van der Waals surface area contributed by atoms with Crippen LogP contribution in [0.4, 0.5) is 14.5 Å². The van der Waals surface area contributed by atoms with Crippen LogP contribution in [0.15, 0.2) is 59.5 Å². The molecule has 1 aliphatic heterocycles. The molecule has 158 valence electrons. The predicted octanol–water partition coefficient (Wildman–Crippen LogP) is 3.39. The van der Waals surface area contributed by atoms with Crippen LogP contribution < -0.4 is 5.32 Å². The van der Waals surface area contributed by atoms with E-state index < -0.39 is 20.5 Å². The molecular formula is C21H21F2N3O3S. The lowest BCUT2D eigenvalue weighted by atomic mass is 9.91. The monoisotopic (exact) mass is 433 g/mol. The Morgan fingerprint density at radius 2 is 1.83 bits per heavy atom. The van der Waals surface area contributed by atoms with Crippen molar-refractivity contribution >= 4 is 21.4 Å². The van der Waals surface area contributed by atoms with Gasteiger partial charge in [-0.2, -0.15) is 14.0 Å². The molecule has 1 N–H and O–H groups in total. The van der Waals surface area contributed by atoms with Gasteiger partial charge in [-0.1, -0.05) is 30.3 Å². The van der Waals surface area contributed by atoms with Gasteiger partial charge >= 0.3 is 5.76 Å². The summed E-state index contributed by atoms with van der Waals surface area (Å²) in [6, 6.07) is 16.3. The molecule has 0 aliphatic carbocycles. The summed E-state index contributed by atoms with van der Waals surface area (Å²) >= 11 is 0. The average Bonchev–Trinajstić information content (AvgIpc) is 3.17. The number of rotatable bonds is 7. The first-order valence-electron chi connectivity index (χ1n) is 9.43. The molecule has 0 radical (unpaired) electrons. The lowest BCUT2D eigenvalue weighted by Gasteiger charge is -2.27. The maximum Gasteiger partial charge on any atom is 0.341 e. The van der Waals surface area contributed by atoms with E-state index in [-0.39, 0.29) is 24.4 Å². The summed E-state index contributed by atoms with van der Waals surface area (Å²) in [5.74, 6) is -4.17. The van der Waals surface area contributed by atoms with Crippen molar-refractivity contribution in [3.8, 4) is 6.07 Å². The average molecular weight is 433 g/mol. The molecule has 0 saturated carbocycles. The fourth-order valence-electron chi connectivity index (χ4n) is 3.68. The number of benzene rings is 2. The third-order valence-electron chi connectivity index (χ3n) is 5.14. The predicted molar refractivity (Wildman–Crippen MR) is 108 cm³/mol. The van der Waals surface area contributed by atoms with Gasteiger partial charge in [0, 0.05) is 11.7 Å². The van der Waals surface area contributed by atoms with Gasteiger partial charge in [0.25, 0.3) is 0 Å². The number of nitrogens with one attached hydrogen (secondary N) is 1. The molecule has 1 amide bonds. The van der Waals surface area contributed by atoms with Gasteiger partial charge < -0.3 is 5.32 Å². The zero-order chi connectivity index (χ0) is 21.7. The first-order valence-corrected chi connectivity index (χ1v) is 11.0. The number of carbonyl (C=O) groups excluding carboxylic acids is 1. The molecular weight excluding hydrogens is 412 g/mol. The molecule has 0 unspecified atom stereocenters. The Kier molecular flexibility index (Phi) is 6.80. The zero-order valence-electron chi connectivity index (χ0n) is 16.0. The minimum Gasteiger partial charge on any atom is -0.325 e. The number of hydrogen-bond acceptors (Lipinski definition) is 5. The quantitative estimate of drug-likeness (QED) is 0.723. The largest absolute Gasteiger partial charge is 0.341 e. The second-order valence-electron chi connectivity index (χ2n) is 7.08. The van der Waals surface area contributed by atoms with E-state index in [0.29, 0.717) is 12.2 Å². The molecule has 30 heavy (non-hydrogen) atoms. The number of likely N-dealkylation sites (tertiary alicyclic amines) is 1. The molecule has 1 saturated heterocycles. The second-order valence-corrected chi connectivity index (χ2v) is 8.99. The minimum absolute atomic E-state index is 0.0762. The van der Waals surface area contributed by atoms with Crippen LogP contribution in [0.3, 0.4) is 0 Å².